The zero-order valence-electron chi connectivity index (χ0n) is 16.6. The lowest BCUT2D eigenvalue weighted by molar-refractivity contribution is 0.163. The quantitative estimate of drug-likeness (QED) is 0.804. The van der Waals surface area contributed by atoms with Crippen LogP contribution in [0.5, 0.6) is 0 Å². The van der Waals surface area contributed by atoms with E-state index < -0.39 is 0 Å². The maximum absolute atomic E-state index is 4.77. The van der Waals surface area contributed by atoms with E-state index in [4.69, 9.17) is 4.98 Å². The van der Waals surface area contributed by atoms with Gasteiger partial charge in [0, 0.05) is 50.5 Å². The third-order valence-electron chi connectivity index (χ3n) is 5.19. The Bertz CT molecular complexity index is 852. The lowest BCUT2D eigenvalue weighted by Gasteiger charge is -2.36. The molecule has 27 heavy (non-hydrogen) atoms. The number of allylic oxidation sites excluding steroid dienone is 7. The van der Waals surface area contributed by atoms with Gasteiger partial charge in [-0.3, -0.25) is 9.88 Å². The van der Waals surface area contributed by atoms with Crippen LogP contribution >= 0.6 is 0 Å². The number of hydrogen-bond acceptors (Lipinski definition) is 3. The van der Waals surface area contributed by atoms with Gasteiger partial charge in [0.1, 0.15) is 0 Å². The second-order valence-electron chi connectivity index (χ2n) is 7.31. The van der Waals surface area contributed by atoms with Crippen molar-refractivity contribution in [1.29, 1.82) is 0 Å². The van der Waals surface area contributed by atoms with Crippen molar-refractivity contribution in [3.63, 3.8) is 0 Å². The molecule has 1 aromatic rings. The topological polar surface area (TPSA) is 19.4 Å². The largest absolute Gasteiger partial charge is 0.369 e. The fourth-order valence-electron chi connectivity index (χ4n) is 3.43. The zero-order valence-corrected chi connectivity index (χ0v) is 16.6. The van der Waals surface area contributed by atoms with E-state index in [1.54, 1.807) is 0 Å². The average molecular weight is 362 g/mol. The first-order chi connectivity index (χ1) is 13.2. The molecule has 1 saturated heterocycles. The Hall–Kier alpha value is -2.39. The van der Waals surface area contributed by atoms with Crippen molar-refractivity contribution in [3.05, 3.63) is 76.6 Å². The van der Waals surface area contributed by atoms with Crippen LogP contribution in [0.1, 0.15) is 19.5 Å². The van der Waals surface area contributed by atoms with Gasteiger partial charge in [0.05, 0.1) is 5.35 Å². The van der Waals surface area contributed by atoms with Crippen LogP contribution < -0.4 is 10.6 Å². The molecule has 0 saturated carbocycles. The molecule has 142 valence electrons. The molecule has 0 radical (unpaired) electrons. The van der Waals surface area contributed by atoms with Crippen LogP contribution in [0.4, 0.5) is 0 Å². The first-order valence-corrected chi connectivity index (χ1v) is 9.97. The molecular formula is C24H31N3. The van der Waals surface area contributed by atoms with E-state index in [1.807, 2.05) is 25.2 Å². The molecule has 1 aromatic heterocycles. The molecule has 0 bridgehead atoms. The summed E-state index contributed by atoms with van der Waals surface area (Å²) in [4.78, 5) is 9.81. The second-order valence-corrected chi connectivity index (χ2v) is 7.31. The highest BCUT2D eigenvalue weighted by Gasteiger charge is 2.17. The van der Waals surface area contributed by atoms with Crippen LogP contribution in [0, 0.1) is 5.92 Å². The van der Waals surface area contributed by atoms with Gasteiger partial charge in [-0.2, -0.15) is 0 Å². The van der Waals surface area contributed by atoms with Gasteiger partial charge in [0.25, 0.3) is 0 Å². The molecule has 1 unspecified atom stereocenters. The molecule has 3 nitrogen and oxygen atoms in total. The lowest BCUT2D eigenvalue weighted by atomic mass is 10.1. The van der Waals surface area contributed by atoms with Crippen molar-refractivity contribution in [2.75, 3.05) is 32.7 Å². The van der Waals surface area contributed by atoms with Gasteiger partial charge < -0.3 is 4.90 Å². The maximum Gasteiger partial charge on any atom is 0.0699 e. The molecule has 0 amide bonds. The highest BCUT2D eigenvalue weighted by atomic mass is 15.3. The van der Waals surface area contributed by atoms with E-state index in [0.29, 0.717) is 5.92 Å². The minimum atomic E-state index is 0.521. The van der Waals surface area contributed by atoms with E-state index in [2.05, 4.69) is 65.8 Å². The Morgan fingerprint density at radius 1 is 1.19 bits per heavy atom. The lowest BCUT2D eigenvalue weighted by Crippen LogP contribution is -2.46. The number of rotatable bonds is 5. The molecular weight excluding hydrogens is 330 g/mol. The standard InChI is InChI=1S/C24H31N3/c1-4-5-9-24-21(3)11-12-22(25-24)14-15-26-16-18-27(19-17-26)23-8-6-7-20(2)10-13-23/h4-13,20H,3,14-19H2,1-2H3/b5-4-,24-9+. The summed E-state index contributed by atoms with van der Waals surface area (Å²) in [5, 5.41) is 1.96. The Kier molecular flexibility index (Phi) is 6.83. The van der Waals surface area contributed by atoms with Crippen molar-refractivity contribution in [3.8, 4) is 0 Å². The summed E-state index contributed by atoms with van der Waals surface area (Å²) in [6, 6.07) is 4.19. The second kappa shape index (κ2) is 9.52. The van der Waals surface area contributed by atoms with Crippen molar-refractivity contribution in [1.82, 2.24) is 14.8 Å². The number of pyridine rings is 1. The maximum atomic E-state index is 4.77. The van der Waals surface area contributed by atoms with Crippen LogP contribution in [0.25, 0.3) is 12.7 Å². The van der Waals surface area contributed by atoms with Crippen LogP contribution in [0.3, 0.4) is 0 Å². The van der Waals surface area contributed by atoms with Gasteiger partial charge in [-0.1, -0.05) is 49.9 Å². The fraction of sp³-hybridized carbons (Fsp3) is 0.375. The molecule has 0 N–H and O–H groups in total. The van der Waals surface area contributed by atoms with Crippen molar-refractivity contribution in [2.24, 2.45) is 5.92 Å². The molecule has 1 atom stereocenters. The Morgan fingerprint density at radius 2 is 2.00 bits per heavy atom. The first-order valence-electron chi connectivity index (χ1n) is 9.97. The molecule has 0 aromatic carbocycles. The highest BCUT2D eigenvalue weighted by molar-refractivity contribution is 5.35. The Morgan fingerprint density at radius 3 is 2.78 bits per heavy atom. The number of aromatic nitrogens is 1. The fourth-order valence-corrected chi connectivity index (χ4v) is 3.43. The summed E-state index contributed by atoms with van der Waals surface area (Å²) in [6.07, 6.45) is 18.3. The third kappa shape index (κ3) is 5.54. The van der Waals surface area contributed by atoms with Crippen molar-refractivity contribution < 1.29 is 0 Å². The summed E-state index contributed by atoms with van der Waals surface area (Å²) in [6.45, 7) is 13.8. The first kappa shape index (κ1) is 19.4. The smallest absolute Gasteiger partial charge is 0.0699 e. The van der Waals surface area contributed by atoms with Gasteiger partial charge in [-0.25, -0.2) is 0 Å². The average Bonchev–Trinajstić information content (AvgIpc) is 2.91. The van der Waals surface area contributed by atoms with Crippen molar-refractivity contribution >= 4 is 12.7 Å². The van der Waals surface area contributed by atoms with Crippen LogP contribution in [-0.4, -0.2) is 47.5 Å². The minimum Gasteiger partial charge on any atom is -0.369 e. The van der Waals surface area contributed by atoms with Gasteiger partial charge in [-0.05, 0) is 42.4 Å². The summed E-state index contributed by atoms with van der Waals surface area (Å²) < 4.78 is 0. The molecule has 2 aliphatic rings. The zero-order chi connectivity index (χ0) is 19.1. The number of hydrogen-bond donors (Lipinski definition) is 0. The SMILES string of the molecule is C=c1ccc(CCN2CCN(C3=CC=CC(C)C=C3)CC2)n/c1=C/C=C\C. The summed E-state index contributed by atoms with van der Waals surface area (Å²) >= 11 is 0. The van der Waals surface area contributed by atoms with Gasteiger partial charge >= 0.3 is 0 Å². The predicted octanol–water partition coefficient (Wildman–Crippen LogP) is 2.65. The third-order valence-corrected chi connectivity index (χ3v) is 5.19. The van der Waals surface area contributed by atoms with E-state index in [0.717, 1.165) is 55.4 Å². The molecule has 2 heterocycles. The molecule has 1 fully saturated rings. The Balaban J connectivity index is 1.53. The van der Waals surface area contributed by atoms with Crippen molar-refractivity contribution in [2.45, 2.75) is 20.3 Å². The minimum absolute atomic E-state index is 0.521. The number of piperazine rings is 1. The van der Waals surface area contributed by atoms with E-state index >= 15 is 0 Å². The van der Waals surface area contributed by atoms with Gasteiger partial charge in [0.15, 0.2) is 0 Å². The van der Waals surface area contributed by atoms with Crippen LogP contribution in [0.15, 0.2) is 60.4 Å². The summed E-state index contributed by atoms with van der Waals surface area (Å²) in [7, 11) is 0. The van der Waals surface area contributed by atoms with E-state index in [1.165, 1.54) is 5.70 Å². The monoisotopic (exact) mass is 361 g/mol. The summed E-state index contributed by atoms with van der Waals surface area (Å²) in [5.74, 6) is 0.521. The van der Waals surface area contributed by atoms with E-state index in [9.17, 15) is 0 Å². The van der Waals surface area contributed by atoms with Gasteiger partial charge in [-0.15, -0.1) is 0 Å². The van der Waals surface area contributed by atoms with Crippen LogP contribution in [0.2, 0.25) is 0 Å². The molecule has 1 aliphatic heterocycles. The highest BCUT2D eigenvalue weighted by Crippen LogP contribution is 2.16. The molecule has 3 rings (SSSR count). The van der Waals surface area contributed by atoms with Crippen LogP contribution in [-0.2, 0) is 6.42 Å². The normalized spacial score (nSPS) is 21.7. The van der Waals surface area contributed by atoms with Gasteiger partial charge in [0.2, 0.25) is 0 Å². The molecule has 1 aliphatic carbocycles. The Labute approximate surface area is 163 Å². The summed E-state index contributed by atoms with van der Waals surface area (Å²) in [5.41, 5.74) is 2.49. The predicted molar refractivity (Wildman–Crippen MR) is 116 cm³/mol. The van der Waals surface area contributed by atoms with E-state index in [-0.39, 0.29) is 0 Å². The molecule has 0 spiro atoms. The number of nitrogens with zero attached hydrogens (tertiary/aromatic N) is 3. The molecule has 3 heteroatoms.